The van der Waals surface area contributed by atoms with E-state index in [1.807, 2.05) is 0 Å². The van der Waals surface area contributed by atoms with Crippen LogP contribution in [0.2, 0.25) is 5.02 Å². The number of carbonyl (C=O) groups excluding carboxylic acids is 1. The number of thioether (sulfide) groups is 1. The van der Waals surface area contributed by atoms with Gasteiger partial charge in [-0.1, -0.05) is 29.4 Å². The summed E-state index contributed by atoms with van der Waals surface area (Å²) in [7, 11) is 0. The predicted molar refractivity (Wildman–Crippen MR) is 63.1 cm³/mol. The lowest BCUT2D eigenvalue weighted by atomic mass is 10.2. The molecular weight excluding hydrogens is 251 g/mol. The molecule has 16 heavy (non-hydrogen) atoms. The SMILES string of the molecule is O=C1CSC(NCc2ccc(F)c(Cl)c2)=N1. The fourth-order valence-electron chi connectivity index (χ4n) is 1.23. The van der Waals surface area contributed by atoms with Gasteiger partial charge in [0.1, 0.15) is 5.82 Å². The first-order chi connectivity index (χ1) is 7.65. The first-order valence-electron chi connectivity index (χ1n) is 4.57. The van der Waals surface area contributed by atoms with E-state index in [1.54, 1.807) is 12.1 Å². The molecule has 0 atom stereocenters. The fourth-order valence-corrected chi connectivity index (χ4v) is 2.09. The maximum absolute atomic E-state index is 12.9. The van der Waals surface area contributed by atoms with E-state index in [2.05, 4.69) is 10.3 Å². The minimum absolute atomic E-state index is 0.0939. The lowest BCUT2D eigenvalue weighted by molar-refractivity contribution is -0.115. The topological polar surface area (TPSA) is 41.5 Å². The predicted octanol–water partition coefficient (Wildman–Crippen LogP) is 2.20. The Bertz CT molecular complexity index is 464. The molecule has 0 radical (unpaired) electrons. The van der Waals surface area contributed by atoms with Crippen molar-refractivity contribution in [3.8, 4) is 0 Å². The van der Waals surface area contributed by atoms with Crippen LogP contribution in [0.5, 0.6) is 0 Å². The Morgan fingerprint density at radius 1 is 1.56 bits per heavy atom. The van der Waals surface area contributed by atoms with Gasteiger partial charge in [0, 0.05) is 6.54 Å². The molecule has 0 aromatic heterocycles. The highest BCUT2D eigenvalue weighted by Gasteiger charge is 2.13. The molecule has 1 aromatic carbocycles. The van der Waals surface area contributed by atoms with Crippen molar-refractivity contribution >= 4 is 34.4 Å². The van der Waals surface area contributed by atoms with Gasteiger partial charge in [0.05, 0.1) is 10.8 Å². The maximum atomic E-state index is 12.9. The maximum Gasteiger partial charge on any atom is 0.258 e. The molecule has 0 saturated heterocycles. The number of amidine groups is 1. The molecule has 1 aliphatic rings. The lowest BCUT2D eigenvalue weighted by Gasteiger charge is -2.05. The summed E-state index contributed by atoms with van der Waals surface area (Å²) in [5.74, 6) is -0.190. The summed E-state index contributed by atoms with van der Waals surface area (Å²) in [4.78, 5) is 14.6. The van der Waals surface area contributed by atoms with Crippen LogP contribution in [0.3, 0.4) is 0 Å². The Hall–Kier alpha value is -1.07. The van der Waals surface area contributed by atoms with Gasteiger partial charge in [-0.15, -0.1) is 0 Å². The van der Waals surface area contributed by atoms with Gasteiger partial charge in [-0.3, -0.25) is 4.79 Å². The van der Waals surface area contributed by atoms with Crippen LogP contribution < -0.4 is 5.32 Å². The van der Waals surface area contributed by atoms with Crippen LogP contribution in [0.15, 0.2) is 23.2 Å². The first kappa shape index (κ1) is 11.4. The molecule has 0 saturated carbocycles. The van der Waals surface area contributed by atoms with E-state index in [0.29, 0.717) is 17.5 Å². The molecule has 1 aliphatic heterocycles. The lowest BCUT2D eigenvalue weighted by Crippen LogP contribution is -2.18. The third-order valence-electron chi connectivity index (χ3n) is 1.99. The van der Waals surface area contributed by atoms with Crippen LogP contribution >= 0.6 is 23.4 Å². The van der Waals surface area contributed by atoms with Gasteiger partial charge < -0.3 is 5.32 Å². The molecule has 0 aliphatic carbocycles. The average molecular weight is 259 g/mol. The van der Waals surface area contributed by atoms with E-state index in [-0.39, 0.29) is 10.9 Å². The highest BCUT2D eigenvalue weighted by Crippen LogP contribution is 2.16. The van der Waals surface area contributed by atoms with Gasteiger partial charge >= 0.3 is 0 Å². The standard InChI is InChI=1S/C10H8ClFN2OS/c11-7-3-6(1-2-8(7)12)4-13-10-14-9(15)5-16-10/h1-3H,4-5H2,(H,13,14,15). The summed E-state index contributed by atoms with van der Waals surface area (Å²) < 4.78 is 12.9. The number of halogens is 2. The highest BCUT2D eigenvalue weighted by molar-refractivity contribution is 8.14. The Labute approximate surface area is 101 Å². The van der Waals surface area contributed by atoms with Crippen LogP contribution in [0.25, 0.3) is 0 Å². The fraction of sp³-hybridized carbons (Fsp3) is 0.200. The Morgan fingerprint density at radius 2 is 2.38 bits per heavy atom. The van der Waals surface area contributed by atoms with Crippen molar-refractivity contribution in [2.45, 2.75) is 6.54 Å². The van der Waals surface area contributed by atoms with Crippen molar-refractivity contribution < 1.29 is 9.18 Å². The zero-order valence-corrected chi connectivity index (χ0v) is 9.74. The molecule has 3 nitrogen and oxygen atoms in total. The van der Waals surface area contributed by atoms with E-state index in [0.717, 1.165) is 5.56 Å². The third-order valence-corrected chi connectivity index (χ3v) is 3.18. The van der Waals surface area contributed by atoms with Gasteiger partial charge in [-0.05, 0) is 17.7 Å². The van der Waals surface area contributed by atoms with Crippen molar-refractivity contribution in [2.24, 2.45) is 4.99 Å². The van der Waals surface area contributed by atoms with Crippen molar-refractivity contribution in [1.29, 1.82) is 0 Å². The molecule has 1 N–H and O–H groups in total. The Kier molecular flexibility index (Phi) is 3.46. The van der Waals surface area contributed by atoms with E-state index < -0.39 is 5.82 Å². The summed E-state index contributed by atoms with van der Waals surface area (Å²) in [6.07, 6.45) is 0. The van der Waals surface area contributed by atoms with Gasteiger partial charge in [0.15, 0.2) is 5.17 Å². The second-order valence-corrected chi connectivity index (χ2v) is 4.57. The second-order valence-electron chi connectivity index (χ2n) is 3.20. The van der Waals surface area contributed by atoms with Crippen molar-refractivity contribution in [1.82, 2.24) is 5.32 Å². The third kappa shape index (κ3) is 2.74. The number of amides is 1. The number of aliphatic imine (C=N–C) groups is 1. The van der Waals surface area contributed by atoms with Gasteiger partial charge in [0.2, 0.25) is 0 Å². The van der Waals surface area contributed by atoms with Crippen molar-refractivity contribution in [3.63, 3.8) is 0 Å². The smallest absolute Gasteiger partial charge is 0.258 e. The molecule has 1 aromatic rings. The largest absolute Gasteiger partial charge is 0.360 e. The van der Waals surface area contributed by atoms with Crippen LogP contribution in [0.4, 0.5) is 4.39 Å². The summed E-state index contributed by atoms with van der Waals surface area (Å²) in [6.45, 7) is 0.471. The zero-order valence-electron chi connectivity index (χ0n) is 8.17. The van der Waals surface area contributed by atoms with Crippen molar-refractivity contribution in [2.75, 3.05) is 5.75 Å². The minimum Gasteiger partial charge on any atom is -0.360 e. The quantitative estimate of drug-likeness (QED) is 0.884. The summed E-state index contributed by atoms with van der Waals surface area (Å²) in [5.41, 5.74) is 0.842. The molecule has 6 heteroatoms. The molecule has 0 unspecified atom stereocenters. The monoisotopic (exact) mass is 258 g/mol. The van der Waals surface area contributed by atoms with E-state index in [4.69, 9.17) is 11.6 Å². The molecule has 0 fully saturated rings. The number of rotatable bonds is 2. The zero-order chi connectivity index (χ0) is 11.5. The van der Waals surface area contributed by atoms with Crippen LogP contribution in [-0.2, 0) is 11.3 Å². The highest BCUT2D eigenvalue weighted by atomic mass is 35.5. The Morgan fingerprint density at radius 3 is 3.00 bits per heavy atom. The molecule has 1 amide bonds. The molecule has 0 bridgehead atoms. The van der Waals surface area contributed by atoms with Crippen LogP contribution in [-0.4, -0.2) is 16.8 Å². The van der Waals surface area contributed by atoms with Crippen molar-refractivity contribution in [3.05, 3.63) is 34.6 Å². The summed E-state index contributed by atoms with van der Waals surface area (Å²) in [6, 6.07) is 4.50. The number of hydrogen-bond acceptors (Lipinski definition) is 3. The van der Waals surface area contributed by atoms with E-state index >= 15 is 0 Å². The van der Waals surface area contributed by atoms with Gasteiger partial charge in [-0.2, -0.15) is 4.99 Å². The van der Waals surface area contributed by atoms with Crippen LogP contribution in [0, 0.1) is 5.82 Å². The van der Waals surface area contributed by atoms with E-state index in [9.17, 15) is 9.18 Å². The van der Waals surface area contributed by atoms with Gasteiger partial charge in [-0.25, -0.2) is 4.39 Å². The normalized spacial score (nSPS) is 15.1. The second kappa shape index (κ2) is 4.84. The van der Waals surface area contributed by atoms with Gasteiger partial charge in [0.25, 0.3) is 5.91 Å². The average Bonchev–Trinajstić information content (AvgIpc) is 2.66. The molecule has 84 valence electrons. The number of nitrogens with zero attached hydrogens (tertiary/aromatic N) is 1. The number of nitrogens with one attached hydrogen (secondary N) is 1. The number of hydrogen-bond donors (Lipinski definition) is 1. The Balaban J connectivity index is 1.97. The number of benzene rings is 1. The molecule has 0 spiro atoms. The summed E-state index contributed by atoms with van der Waals surface area (Å²) in [5, 5.41) is 3.68. The minimum atomic E-state index is -0.437. The summed E-state index contributed by atoms with van der Waals surface area (Å²) >= 11 is 7.00. The first-order valence-corrected chi connectivity index (χ1v) is 5.93. The number of carbonyl (C=O) groups is 1. The molecule has 2 rings (SSSR count). The van der Waals surface area contributed by atoms with Crippen LogP contribution in [0.1, 0.15) is 5.56 Å². The molecular formula is C10H8ClFN2OS. The molecule has 1 heterocycles. The van der Waals surface area contributed by atoms with E-state index in [1.165, 1.54) is 17.8 Å².